The van der Waals surface area contributed by atoms with E-state index in [4.69, 9.17) is 4.55 Å². The van der Waals surface area contributed by atoms with E-state index in [1.54, 1.807) is 12.1 Å². The molecule has 1 aromatic rings. The fourth-order valence-corrected chi connectivity index (χ4v) is 1.57. The monoisotopic (exact) mass is 241 g/mol. The molecule has 1 aromatic carbocycles. The second-order valence-corrected chi connectivity index (χ2v) is 4.85. The summed E-state index contributed by atoms with van der Waals surface area (Å²) in [7, 11) is 0. The normalized spacial score (nSPS) is 12.5. The molecule has 1 atom stereocenters. The molecular formula is C11H15NO3S. The van der Waals surface area contributed by atoms with Crippen molar-refractivity contribution in [1.82, 2.24) is 5.32 Å². The molecule has 0 heterocycles. The smallest absolute Gasteiger partial charge is 0.251 e. The number of benzene rings is 1. The Hall–Kier alpha value is -1.20. The third kappa shape index (κ3) is 3.75. The Morgan fingerprint density at radius 1 is 1.50 bits per heavy atom. The van der Waals surface area contributed by atoms with Gasteiger partial charge in [0.05, 0.1) is 4.90 Å². The highest BCUT2D eigenvalue weighted by Crippen LogP contribution is 2.08. The third-order valence-electron chi connectivity index (χ3n) is 1.97. The van der Waals surface area contributed by atoms with Crippen molar-refractivity contribution in [1.29, 1.82) is 0 Å². The van der Waals surface area contributed by atoms with E-state index >= 15 is 0 Å². The number of hydrogen-bond acceptors (Lipinski definition) is 2. The van der Waals surface area contributed by atoms with E-state index in [0.29, 0.717) is 18.0 Å². The number of carbonyl (C=O) groups excluding carboxylic acids is 1. The van der Waals surface area contributed by atoms with Gasteiger partial charge in [0.1, 0.15) is 0 Å². The van der Waals surface area contributed by atoms with Crippen LogP contribution in [-0.2, 0) is 11.1 Å². The fourth-order valence-electron chi connectivity index (χ4n) is 1.14. The van der Waals surface area contributed by atoms with Crippen molar-refractivity contribution in [2.75, 3.05) is 6.54 Å². The van der Waals surface area contributed by atoms with Gasteiger partial charge in [0, 0.05) is 12.1 Å². The van der Waals surface area contributed by atoms with E-state index in [1.165, 1.54) is 12.1 Å². The van der Waals surface area contributed by atoms with Crippen LogP contribution in [0.3, 0.4) is 0 Å². The van der Waals surface area contributed by atoms with Crippen LogP contribution in [0.4, 0.5) is 0 Å². The highest BCUT2D eigenvalue weighted by molar-refractivity contribution is 7.79. The average molecular weight is 241 g/mol. The van der Waals surface area contributed by atoms with Gasteiger partial charge in [-0.25, -0.2) is 4.21 Å². The molecule has 88 valence electrons. The Labute approximate surface area is 97.3 Å². The summed E-state index contributed by atoms with van der Waals surface area (Å²) >= 11 is -2.05. The molecule has 1 amide bonds. The van der Waals surface area contributed by atoms with E-state index in [2.05, 4.69) is 5.32 Å². The van der Waals surface area contributed by atoms with Gasteiger partial charge < -0.3 is 9.87 Å². The maximum absolute atomic E-state index is 11.6. The minimum Gasteiger partial charge on any atom is -0.352 e. The lowest BCUT2D eigenvalue weighted by molar-refractivity contribution is 0.0949. The van der Waals surface area contributed by atoms with Gasteiger partial charge in [-0.15, -0.1) is 0 Å². The Bertz CT molecular complexity index is 404. The van der Waals surface area contributed by atoms with E-state index in [1.807, 2.05) is 13.8 Å². The summed E-state index contributed by atoms with van der Waals surface area (Å²) in [5, 5.41) is 2.75. The zero-order chi connectivity index (χ0) is 12.1. The maximum atomic E-state index is 11.6. The van der Waals surface area contributed by atoms with Crippen LogP contribution in [-0.4, -0.2) is 21.2 Å². The van der Waals surface area contributed by atoms with E-state index in [9.17, 15) is 9.00 Å². The number of carbonyl (C=O) groups is 1. The van der Waals surface area contributed by atoms with Crippen LogP contribution in [0.1, 0.15) is 24.2 Å². The highest BCUT2D eigenvalue weighted by atomic mass is 32.2. The molecular weight excluding hydrogens is 226 g/mol. The summed E-state index contributed by atoms with van der Waals surface area (Å²) in [6.07, 6.45) is 0. The Kier molecular flexibility index (Phi) is 4.64. The van der Waals surface area contributed by atoms with Crippen molar-refractivity contribution in [3.63, 3.8) is 0 Å². The third-order valence-corrected chi connectivity index (χ3v) is 2.63. The first-order valence-electron chi connectivity index (χ1n) is 5.00. The largest absolute Gasteiger partial charge is 0.352 e. The summed E-state index contributed by atoms with van der Waals surface area (Å²) in [6.45, 7) is 4.59. The molecule has 2 N–H and O–H groups in total. The molecule has 16 heavy (non-hydrogen) atoms. The van der Waals surface area contributed by atoms with Gasteiger partial charge in [-0.2, -0.15) is 0 Å². The molecule has 0 aliphatic carbocycles. The van der Waals surface area contributed by atoms with Crippen LogP contribution in [0.5, 0.6) is 0 Å². The molecule has 0 saturated heterocycles. The van der Waals surface area contributed by atoms with E-state index in [-0.39, 0.29) is 10.8 Å². The summed E-state index contributed by atoms with van der Waals surface area (Å²) < 4.78 is 19.7. The van der Waals surface area contributed by atoms with Gasteiger partial charge in [-0.1, -0.05) is 19.9 Å². The average Bonchev–Trinajstić information content (AvgIpc) is 2.26. The second kappa shape index (κ2) is 5.77. The van der Waals surface area contributed by atoms with Gasteiger partial charge in [0.2, 0.25) is 0 Å². The lowest BCUT2D eigenvalue weighted by Crippen LogP contribution is -2.27. The molecule has 0 aliphatic heterocycles. The van der Waals surface area contributed by atoms with Crippen LogP contribution in [0.15, 0.2) is 29.2 Å². The Morgan fingerprint density at radius 2 is 2.19 bits per heavy atom. The lowest BCUT2D eigenvalue weighted by Gasteiger charge is -2.07. The molecule has 0 spiro atoms. The predicted octanol–water partition coefficient (Wildman–Crippen LogP) is 1.65. The maximum Gasteiger partial charge on any atom is 0.251 e. The van der Waals surface area contributed by atoms with E-state index in [0.717, 1.165) is 0 Å². The minimum atomic E-state index is -2.05. The van der Waals surface area contributed by atoms with Crippen molar-refractivity contribution in [2.45, 2.75) is 18.7 Å². The topological polar surface area (TPSA) is 66.4 Å². The zero-order valence-corrected chi connectivity index (χ0v) is 10.1. The number of rotatable bonds is 4. The molecule has 0 fully saturated rings. The molecule has 0 radical (unpaired) electrons. The summed E-state index contributed by atoms with van der Waals surface area (Å²) in [5.41, 5.74) is 0.403. The highest BCUT2D eigenvalue weighted by Gasteiger charge is 2.08. The SMILES string of the molecule is CC(C)CNC(=O)c1cccc(S(=O)O)c1. The van der Waals surface area contributed by atoms with Crippen LogP contribution in [0.25, 0.3) is 0 Å². The summed E-state index contributed by atoms with van der Waals surface area (Å²) in [6, 6.07) is 6.14. The molecule has 5 heteroatoms. The fraction of sp³-hybridized carbons (Fsp3) is 0.364. The minimum absolute atomic E-state index is 0.221. The molecule has 0 aromatic heterocycles. The zero-order valence-electron chi connectivity index (χ0n) is 9.27. The predicted molar refractivity (Wildman–Crippen MR) is 62.7 cm³/mol. The van der Waals surface area contributed by atoms with Gasteiger partial charge in [0.25, 0.3) is 5.91 Å². The van der Waals surface area contributed by atoms with Crippen LogP contribution >= 0.6 is 0 Å². The summed E-state index contributed by atoms with van der Waals surface area (Å²) in [4.78, 5) is 11.9. The molecule has 1 unspecified atom stereocenters. The van der Waals surface area contributed by atoms with Gasteiger partial charge in [-0.3, -0.25) is 4.79 Å². The van der Waals surface area contributed by atoms with Crippen molar-refractivity contribution in [3.8, 4) is 0 Å². The Balaban J connectivity index is 2.76. The molecule has 0 saturated carbocycles. The molecule has 0 bridgehead atoms. The Morgan fingerprint density at radius 3 is 2.75 bits per heavy atom. The van der Waals surface area contributed by atoms with Crippen molar-refractivity contribution in [3.05, 3.63) is 29.8 Å². The second-order valence-electron chi connectivity index (χ2n) is 3.88. The van der Waals surface area contributed by atoms with Crippen molar-refractivity contribution < 1.29 is 13.6 Å². The van der Waals surface area contributed by atoms with Gasteiger partial charge >= 0.3 is 0 Å². The van der Waals surface area contributed by atoms with E-state index < -0.39 is 11.1 Å². The molecule has 1 rings (SSSR count). The number of hydrogen-bond donors (Lipinski definition) is 2. The van der Waals surface area contributed by atoms with Crippen LogP contribution < -0.4 is 5.32 Å². The molecule has 4 nitrogen and oxygen atoms in total. The number of amides is 1. The summed E-state index contributed by atoms with van der Waals surface area (Å²) in [5.74, 6) is 0.153. The first kappa shape index (κ1) is 12.9. The van der Waals surface area contributed by atoms with Crippen LogP contribution in [0.2, 0.25) is 0 Å². The standard InChI is InChI=1S/C11H15NO3S/c1-8(2)7-12-11(13)9-4-3-5-10(6-9)16(14)15/h3-6,8H,7H2,1-2H3,(H,12,13)(H,14,15). The first-order chi connectivity index (χ1) is 7.50. The lowest BCUT2D eigenvalue weighted by atomic mass is 10.2. The quantitative estimate of drug-likeness (QED) is 0.788. The van der Waals surface area contributed by atoms with Crippen molar-refractivity contribution >= 4 is 17.0 Å². The molecule has 0 aliphatic rings. The first-order valence-corrected chi connectivity index (χ1v) is 6.10. The van der Waals surface area contributed by atoms with Gasteiger partial charge in [0.15, 0.2) is 11.1 Å². The van der Waals surface area contributed by atoms with Gasteiger partial charge in [-0.05, 0) is 24.1 Å². The number of nitrogens with one attached hydrogen (secondary N) is 1. The van der Waals surface area contributed by atoms with Crippen molar-refractivity contribution in [2.24, 2.45) is 5.92 Å². The van der Waals surface area contributed by atoms with Crippen LogP contribution in [0, 0.1) is 5.92 Å².